The quantitative estimate of drug-likeness (QED) is 0.827. The van der Waals surface area contributed by atoms with E-state index >= 15 is 0 Å². The molecule has 1 N–H and O–H groups in total. The Morgan fingerprint density at radius 3 is 2.71 bits per heavy atom. The summed E-state index contributed by atoms with van der Waals surface area (Å²) in [4.78, 5) is 16.9. The molecule has 0 aliphatic carbocycles. The van der Waals surface area contributed by atoms with Gasteiger partial charge in [-0.1, -0.05) is 29.3 Å². The van der Waals surface area contributed by atoms with Gasteiger partial charge in [-0.25, -0.2) is 4.39 Å². The van der Waals surface area contributed by atoms with E-state index < -0.39 is 5.82 Å². The molecule has 2 saturated heterocycles. The maximum Gasteiger partial charge on any atom is 0.227 e. The lowest BCUT2D eigenvalue weighted by atomic mass is 9.95. The largest absolute Gasteiger partial charge is 0.340 e. The average Bonchev–Trinajstić information content (AvgIpc) is 2.62. The van der Waals surface area contributed by atoms with E-state index in [4.69, 9.17) is 23.2 Å². The monoisotopic (exact) mass is 373 g/mol. The van der Waals surface area contributed by atoms with Crippen LogP contribution in [0.25, 0.3) is 0 Å². The first-order valence-corrected chi connectivity index (χ1v) is 9.16. The summed E-state index contributed by atoms with van der Waals surface area (Å²) in [5.41, 5.74) is 0.804. The molecule has 3 rings (SSSR count). The summed E-state index contributed by atoms with van der Waals surface area (Å²) in [5.74, 6) is -0.216. The Balaban J connectivity index is 1.63. The van der Waals surface area contributed by atoms with Gasteiger partial charge in [0.2, 0.25) is 5.91 Å². The summed E-state index contributed by atoms with van der Waals surface area (Å²) in [5, 5.41) is 3.51. The first-order chi connectivity index (χ1) is 11.6. The second kappa shape index (κ2) is 8.00. The van der Waals surface area contributed by atoms with Gasteiger partial charge >= 0.3 is 0 Å². The van der Waals surface area contributed by atoms with E-state index in [1.54, 1.807) is 6.07 Å². The number of amides is 1. The normalized spacial score (nSPS) is 22.6. The van der Waals surface area contributed by atoms with Gasteiger partial charge < -0.3 is 10.2 Å². The van der Waals surface area contributed by atoms with Crippen LogP contribution in [0.1, 0.15) is 18.4 Å². The van der Waals surface area contributed by atoms with Gasteiger partial charge in [-0.15, -0.1) is 0 Å². The zero-order chi connectivity index (χ0) is 17.1. The number of nitrogens with zero attached hydrogens (tertiary/aromatic N) is 2. The average molecular weight is 374 g/mol. The summed E-state index contributed by atoms with van der Waals surface area (Å²) in [6.07, 6.45) is 1.91. The molecule has 2 heterocycles. The maximum atomic E-state index is 13.4. The van der Waals surface area contributed by atoms with Crippen LogP contribution in [0.5, 0.6) is 0 Å². The van der Waals surface area contributed by atoms with Gasteiger partial charge in [0.25, 0.3) is 0 Å². The lowest BCUT2D eigenvalue weighted by molar-refractivity contribution is -0.138. The van der Waals surface area contributed by atoms with Crippen LogP contribution in [-0.4, -0.2) is 55.0 Å². The Morgan fingerprint density at radius 1 is 1.21 bits per heavy atom. The number of piperazine rings is 1. The minimum atomic E-state index is -0.504. The highest BCUT2D eigenvalue weighted by Crippen LogP contribution is 2.30. The third-order valence-corrected chi connectivity index (χ3v) is 5.69. The van der Waals surface area contributed by atoms with Crippen LogP contribution in [0.2, 0.25) is 10.0 Å². The summed E-state index contributed by atoms with van der Waals surface area (Å²) >= 11 is 12.0. The highest BCUT2D eigenvalue weighted by atomic mass is 35.5. The molecule has 0 saturated carbocycles. The molecule has 2 aliphatic heterocycles. The van der Waals surface area contributed by atoms with Crippen molar-refractivity contribution in [3.63, 3.8) is 0 Å². The van der Waals surface area contributed by atoms with Crippen molar-refractivity contribution in [3.05, 3.63) is 33.6 Å². The first kappa shape index (κ1) is 17.9. The molecular formula is C17H22Cl2FN3O. The number of nitrogens with one attached hydrogen (secondary N) is 1. The molecule has 0 aromatic heterocycles. The molecule has 1 atom stereocenters. The molecule has 1 aromatic rings. The summed E-state index contributed by atoms with van der Waals surface area (Å²) in [7, 11) is 0. The Morgan fingerprint density at radius 2 is 1.96 bits per heavy atom. The molecule has 1 unspecified atom stereocenters. The zero-order valence-corrected chi connectivity index (χ0v) is 15.0. The molecule has 0 bridgehead atoms. The van der Waals surface area contributed by atoms with E-state index in [2.05, 4.69) is 10.2 Å². The van der Waals surface area contributed by atoms with Crippen LogP contribution in [0.3, 0.4) is 0 Å². The molecule has 0 radical (unpaired) electrons. The smallest absolute Gasteiger partial charge is 0.227 e. The fourth-order valence-corrected chi connectivity index (χ4v) is 3.87. The van der Waals surface area contributed by atoms with Crippen LogP contribution in [0.4, 0.5) is 4.39 Å². The van der Waals surface area contributed by atoms with Crippen molar-refractivity contribution in [1.82, 2.24) is 15.1 Å². The molecule has 7 heteroatoms. The van der Waals surface area contributed by atoms with Crippen molar-refractivity contribution in [2.75, 3.05) is 39.3 Å². The Bertz CT molecular complexity index is 608. The van der Waals surface area contributed by atoms with E-state index in [0.717, 1.165) is 51.1 Å². The maximum absolute atomic E-state index is 13.4. The predicted octanol–water partition coefficient (Wildman–Crippen LogP) is 2.78. The highest BCUT2D eigenvalue weighted by Gasteiger charge is 2.30. The van der Waals surface area contributed by atoms with E-state index in [0.29, 0.717) is 13.1 Å². The van der Waals surface area contributed by atoms with Gasteiger partial charge in [0.15, 0.2) is 0 Å². The first-order valence-electron chi connectivity index (χ1n) is 8.40. The van der Waals surface area contributed by atoms with Gasteiger partial charge in [0.1, 0.15) is 5.82 Å². The van der Waals surface area contributed by atoms with Gasteiger partial charge in [0.05, 0.1) is 16.0 Å². The number of carbonyl (C=O) groups is 1. The van der Waals surface area contributed by atoms with E-state index in [1.807, 2.05) is 4.90 Å². The van der Waals surface area contributed by atoms with Crippen molar-refractivity contribution in [1.29, 1.82) is 0 Å². The number of piperidine rings is 1. The molecule has 2 fully saturated rings. The second-order valence-electron chi connectivity index (χ2n) is 6.48. The van der Waals surface area contributed by atoms with Gasteiger partial charge in [-0.3, -0.25) is 9.69 Å². The van der Waals surface area contributed by atoms with Crippen LogP contribution >= 0.6 is 23.2 Å². The fourth-order valence-electron chi connectivity index (χ4n) is 3.47. The molecule has 1 aromatic carbocycles. The van der Waals surface area contributed by atoms with Crippen LogP contribution < -0.4 is 5.32 Å². The van der Waals surface area contributed by atoms with E-state index in [1.165, 1.54) is 6.07 Å². The standard InChI is InChI=1S/C17H22Cl2FN3O/c18-15-12(3-4-14(20)16(15)19)10-22-7-1-2-13(11-22)17(24)23-8-5-21-6-9-23/h3-4,13,21H,1-2,5-11H2. The summed E-state index contributed by atoms with van der Waals surface area (Å²) < 4.78 is 13.4. The van der Waals surface area contributed by atoms with Gasteiger partial charge in [-0.2, -0.15) is 0 Å². The SMILES string of the molecule is O=C(C1CCCN(Cc2ccc(F)c(Cl)c2Cl)C1)N1CCNCC1. The van der Waals surface area contributed by atoms with Crippen LogP contribution in [-0.2, 0) is 11.3 Å². The zero-order valence-electron chi connectivity index (χ0n) is 13.5. The van der Waals surface area contributed by atoms with Gasteiger partial charge in [-0.05, 0) is 31.0 Å². The molecule has 24 heavy (non-hydrogen) atoms. The number of halogens is 3. The lowest BCUT2D eigenvalue weighted by Crippen LogP contribution is -2.51. The molecular weight excluding hydrogens is 352 g/mol. The third-order valence-electron chi connectivity index (χ3n) is 4.79. The number of carbonyl (C=O) groups excluding carboxylic acids is 1. The van der Waals surface area contributed by atoms with E-state index in [-0.39, 0.29) is 21.9 Å². The van der Waals surface area contributed by atoms with Crippen molar-refractivity contribution in [3.8, 4) is 0 Å². The number of benzene rings is 1. The second-order valence-corrected chi connectivity index (χ2v) is 7.24. The lowest BCUT2D eigenvalue weighted by Gasteiger charge is -2.36. The van der Waals surface area contributed by atoms with Crippen molar-refractivity contribution in [2.24, 2.45) is 5.92 Å². The van der Waals surface area contributed by atoms with E-state index in [9.17, 15) is 9.18 Å². The topological polar surface area (TPSA) is 35.6 Å². The fraction of sp³-hybridized carbons (Fsp3) is 0.588. The summed E-state index contributed by atoms with van der Waals surface area (Å²) in [6.45, 7) is 5.52. The minimum Gasteiger partial charge on any atom is -0.340 e. The molecule has 4 nitrogen and oxygen atoms in total. The van der Waals surface area contributed by atoms with Crippen molar-refractivity contribution in [2.45, 2.75) is 19.4 Å². The molecule has 1 amide bonds. The highest BCUT2D eigenvalue weighted by molar-refractivity contribution is 6.42. The molecule has 2 aliphatic rings. The van der Waals surface area contributed by atoms with Crippen molar-refractivity contribution >= 4 is 29.1 Å². The van der Waals surface area contributed by atoms with Crippen LogP contribution in [0, 0.1) is 11.7 Å². The van der Waals surface area contributed by atoms with Gasteiger partial charge in [0, 0.05) is 39.3 Å². The van der Waals surface area contributed by atoms with Crippen LogP contribution in [0.15, 0.2) is 12.1 Å². The number of hydrogen-bond acceptors (Lipinski definition) is 3. The Hall–Kier alpha value is -0.880. The third kappa shape index (κ3) is 4.02. The summed E-state index contributed by atoms with van der Waals surface area (Å²) in [6, 6.07) is 3.02. The Labute approximate surface area is 151 Å². The Kier molecular flexibility index (Phi) is 5.98. The molecule has 0 spiro atoms. The number of likely N-dealkylation sites (tertiary alicyclic amines) is 1. The van der Waals surface area contributed by atoms with Crippen molar-refractivity contribution < 1.29 is 9.18 Å². The molecule has 132 valence electrons. The number of rotatable bonds is 3. The minimum absolute atomic E-state index is 0.0281. The predicted molar refractivity (Wildman–Crippen MR) is 93.9 cm³/mol. The number of hydrogen-bond donors (Lipinski definition) is 1.